The fourth-order valence-corrected chi connectivity index (χ4v) is 1.04. The van der Waals surface area contributed by atoms with Crippen LogP contribution in [0, 0.1) is 0 Å². The molecule has 0 atom stereocenters. The van der Waals surface area contributed by atoms with E-state index in [0.717, 1.165) is 31.8 Å². The normalized spacial score (nSPS) is 9.43. The van der Waals surface area contributed by atoms with E-state index in [9.17, 15) is 14.4 Å². The third kappa shape index (κ3) is 8.90. The van der Waals surface area contributed by atoms with Crippen LogP contribution in [-0.4, -0.2) is 25.0 Å². The molecular weight excluding hydrogens is 182 g/mol. The Morgan fingerprint density at radius 1 is 1.00 bits per heavy atom. The average molecular weight is 199 g/mol. The van der Waals surface area contributed by atoms with Gasteiger partial charge in [0.2, 0.25) is 5.91 Å². The zero-order chi connectivity index (χ0) is 10.6. The number of hydrogen-bond acceptors (Lipinski definition) is 3. The molecule has 0 aromatic carbocycles. The standard InChI is InChI=1S/C10H17NO3/c12-8-4-2-1-3-7-11-10(14)6-5-9-13/h8-9H,1-7H2,(H,11,14). The smallest absolute Gasteiger partial charge is 0.220 e. The van der Waals surface area contributed by atoms with Crippen molar-refractivity contribution in [2.75, 3.05) is 6.54 Å². The summed E-state index contributed by atoms with van der Waals surface area (Å²) in [6, 6.07) is 0. The number of rotatable bonds is 9. The summed E-state index contributed by atoms with van der Waals surface area (Å²) in [4.78, 5) is 30.9. The van der Waals surface area contributed by atoms with Gasteiger partial charge in [-0.15, -0.1) is 0 Å². The first-order chi connectivity index (χ1) is 6.81. The molecule has 0 radical (unpaired) electrons. The van der Waals surface area contributed by atoms with Crippen molar-refractivity contribution in [3.8, 4) is 0 Å². The van der Waals surface area contributed by atoms with Gasteiger partial charge in [0.05, 0.1) is 0 Å². The van der Waals surface area contributed by atoms with Crippen LogP contribution in [0.15, 0.2) is 0 Å². The van der Waals surface area contributed by atoms with Crippen LogP contribution in [0.2, 0.25) is 0 Å². The van der Waals surface area contributed by atoms with Crippen LogP contribution >= 0.6 is 0 Å². The van der Waals surface area contributed by atoms with Gasteiger partial charge >= 0.3 is 0 Å². The van der Waals surface area contributed by atoms with E-state index in [1.54, 1.807) is 0 Å². The van der Waals surface area contributed by atoms with Crippen molar-refractivity contribution in [2.24, 2.45) is 0 Å². The Morgan fingerprint density at radius 3 is 2.36 bits per heavy atom. The highest BCUT2D eigenvalue weighted by Crippen LogP contribution is 1.96. The van der Waals surface area contributed by atoms with Gasteiger partial charge in [-0.05, 0) is 12.8 Å². The largest absolute Gasteiger partial charge is 0.356 e. The Bertz CT molecular complexity index is 180. The van der Waals surface area contributed by atoms with Crippen molar-refractivity contribution in [3.05, 3.63) is 0 Å². The van der Waals surface area contributed by atoms with Crippen molar-refractivity contribution < 1.29 is 14.4 Å². The Hall–Kier alpha value is -1.19. The van der Waals surface area contributed by atoms with E-state index in [-0.39, 0.29) is 18.7 Å². The lowest BCUT2D eigenvalue weighted by Crippen LogP contribution is -2.24. The average Bonchev–Trinajstić information content (AvgIpc) is 2.20. The van der Waals surface area contributed by atoms with Gasteiger partial charge < -0.3 is 14.9 Å². The van der Waals surface area contributed by atoms with E-state index in [2.05, 4.69) is 5.32 Å². The molecule has 80 valence electrons. The third-order valence-electron chi connectivity index (χ3n) is 1.81. The minimum Gasteiger partial charge on any atom is -0.356 e. The predicted molar refractivity (Wildman–Crippen MR) is 52.8 cm³/mol. The number of hydrogen-bond donors (Lipinski definition) is 1. The van der Waals surface area contributed by atoms with E-state index in [1.807, 2.05) is 0 Å². The first-order valence-corrected chi connectivity index (χ1v) is 4.95. The number of nitrogens with one attached hydrogen (secondary N) is 1. The van der Waals surface area contributed by atoms with Crippen molar-refractivity contribution in [1.29, 1.82) is 0 Å². The van der Waals surface area contributed by atoms with Gasteiger partial charge in [0, 0.05) is 25.8 Å². The van der Waals surface area contributed by atoms with Crippen LogP contribution in [0.5, 0.6) is 0 Å². The Balaban J connectivity index is 3.14. The highest BCUT2D eigenvalue weighted by molar-refractivity contribution is 5.77. The molecule has 4 heteroatoms. The van der Waals surface area contributed by atoms with Crippen LogP contribution < -0.4 is 5.32 Å². The molecule has 0 rings (SSSR count). The summed E-state index contributed by atoms with van der Waals surface area (Å²) in [5, 5.41) is 2.71. The minimum atomic E-state index is -0.0764. The second kappa shape index (κ2) is 9.89. The molecule has 0 aliphatic heterocycles. The number of unbranched alkanes of at least 4 members (excludes halogenated alkanes) is 3. The molecule has 0 fully saturated rings. The predicted octanol–water partition coefficient (Wildman–Crippen LogP) is 0.841. The van der Waals surface area contributed by atoms with Crippen LogP contribution in [0.3, 0.4) is 0 Å². The molecular formula is C10H17NO3. The molecule has 14 heavy (non-hydrogen) atoms. The van der Waals surface area contributed by atoms with Crippen molar-refractivity contribution in [1.82, 2.24) is 5.32 Å². The van der Waals surface area contributed by atoms with Crippen LogP contribution in [0.4, 0.5) is 0 Å². The van der Waals surface area contributed by atoms with Crippen LogP contribution in [0.25, 0.3) is 0 Å². The van der Waals surface area contributed by atoms with E-state index in [1.165, 1.54) is 0 Å². The quantitative estimate of drug-likeness (QED) is 0.442. The lowest BCUT2D eigenvalue weighted by atomic mass is 10.2. The summed E-state index contributed by atoms with van der Waals surface area (Å²) >= 11 is 0. The summed E-state index contributed by atoms with van der Waals surface area (Å²) < 4.78 is 0. The van der Waals surface area contributed by atoms with Gasteiger partial charge in [0.15, 0.2) is 0 Å². The highest BCUT2D eigenvalue weighted by Gasteiger charge is 1.98. The Morgan fingerprint density at radius 2 is 1.71 bits per heavy atom. The maximum absolute atomic E-state index is 11.0. The number of aldehydes is 2. The molecule has 0 saturated heterocycles. The summed E-state index contributed by atoms with van der Waals surface area (Å²) in [5.74, 6) is -0.0764. The summed E-state index contributed by atoms with van der Waals surface area (Å²) in [7, 11) is 0. The molecule has 0 unspecified atom stereocenters. The molecule has 0 bridgehead atoms. The zero-order valence-electron chi connectivity index (χ0n) is 8.33. The van der Waals surface area contributed by atoms with Gasteiger partial charge in [-0.3, -0.25) is 4.79 Å². The monoisotopic (exact) mass is 199 g/mol. The van der Waals surface area contributed by atoms with Crippen molar-refractivity contribution in [2.45, 2.75) is 38.5 Å². The van der Waals surface area contributed by atoms with Crippen LogP contribution in [-0.2, 0) is 14.4 Å². The van der Waals surface area contributed by atoms with Crippen molar-refractivity contribution in [3.63, 3.8) is 0 Å². The topological polar surface area (TPSA) is 63.2 Å². The van der Waals surface area contributed by atoms with Crippen LogP contribution in [0.1, 0.15) is 38.5 Å². The summed E-state index contributed by atoms with van der Waals surface area (Å²) in [6.07, 6.45) is 5.53. The zero-order valence-corrected chi connectivity index (χ0v) is 8.33. The SMILES string of the molecule is O=CCCCCCNC(=O)CCC=O. The lowest BCUT2D eigenvalue weighted by Gasteiger charge is -2.02. The molecule has 4 nitrogen and oxygen atoms in total. The maximum Gasteiger partial charge on any atom is 0.220 e. The fraction of sp³-hybridized carbons (Fsp3) is 0.700. The maximum atomic E-state index is 11.0. The Kier molecular flexibility index (Phi) is 9.05. The second-order valence-corrected chi connectivity index (χ2v) is 3.07. The van der Waals surface area contributed by atoms with Crippen molar-refractivity contribution >= 4 is 18.5 Å². The van der Waals surface area contributed by atoms with Gasteiger partial charge in [0.25, 0.3) is 0 Å². The fourth-order valence-electron chi connectivity index (χ4n) is 1.04. The molecule has 0 aliphatic carbocycles. The molecule has 0 aromatic heterocycles. The summed E-state index contributed by atoms with van der Waals surface area (Å²) in [5.41, 5.74) is 0. The lowest BCUT2D eigenvalue weighted by molar-refractivity contribution is -0.122. The molecule has 0 heterocycles. The molecule has 0 saturated carbocycles. The van der Waals surface area contributed by atoms with Gasteiger partial charge in [-0.25, -0.2) is 0 Å². The second-order valence-electron chi connectivity index (χ2n) is 3.07. The molecule has 0 aromatic rings. The molecule has 1 amide bonds. The molecule has 0 spiro atoms. The first kappa shape index (κ1) is 12.8. The summed E-state index contributed by atoms with van der Waals surface area (Å²) in [6.45, 7) is 0.635. The number of carbonyl (C=O) groups excluding carboxylic acids is 3. The van der Waals surface area contributed by atoms with Gasteiger partial charge in [0.1, 0.15) is 12.6 Å². The van der Waals surface area contributed by atoms with E-state index in [4.69, 9.17) is 0 Å². The third-order valence-corrected chi connectivity index (χ3v) is 1.81. The minimum absolute atomic E-state index is 0.0764. The first-order valence-electron chi connectivity index (χ1n) is 4.95. The number of carbonyl (C=O) groups is 3. The molecule has 0 aliphatic rings. The molecule has 1 N–H and O–H groups in total. The Labute approximate surface area is 84.1 Å². The van der Waals surface area contributed by atoms with Gasteiger partial charge in [-0.2, -0.15) is 0 Å². The number of amides is 1. The van der Waals surface area contributed by atoms with E-state index >= 15 is 0 Å². The van der Waals surface area contributed by atoms with E-state index in [0.29, 0.717) is 13.0 Å². The van der Waals surface area contributed by atoms with Gasteiger partial charge in [-0.1, -0.05) is 6.42 Å². The van der Waals surface area contributed by atoms with E-state index < -0.39 is 0 Å². The highest BCUT2D eigenvalue weighted by atomic mass is 16.1.